The standard InChI is InChI=1S/C11H20N2O4/c14-9-5-2-1-4-8(9)13-11(17)12-7-3-6-10(15)16/h8-9,14H,1-7H2,(H,15,16)(H2,12,13,17). The molecule has 0 saturated heterocycles. The molecular weight excluding hydrogens is 224 g/mol. The number of carbonyl (C=O) groups is 2. The van der Waals surface area contributed by atoms with Crippen LogP contribution in [0.25, 0.3) is 0 Å². The van der Waals surface area contributed by atoms with Crippen LogP contribution in [0.2, 0.25) is 0 Å². The summed E-state index contributed by atoms with van der Waals surface area (Å²) in [4.78, 5) is 21.7. The minimum atomic E-state index is -0.866. The smallest absolute Gasteiger partial charge is 0.315 e. The van der Waals surface area contributed by atoms with E-state index in [2.05, 4.69) is 10.6 Å². The first-order valence-electron chi connectivity index (χ1n) is 6.04. The summed E-state index contributed by atoms with van der Waals surface area (Å²) in [5.74, 6) is -0.866. The number of urea groups is 1. The summed E-state index contributed by atoms with van der Waals surface area (Å²) in [5, 5.41) is 23.3. The van der Waals surface area contributed by atoms with E-state index in [1.165, 1.54) is 0 Å². The molecule has 1 fully saturated rings. The number of aliphatic carboxylic acids is 1. The average molecular weight is 244 g/mol. The first-order chi connectivity index (χ1) is 8.09. The Bertz CT molecular complexity index is 270. The van der Waals surface area contributed by atoms with Crippen LogP contribution in [0, 0.1) is 0 Å². The van der Waals surface area contributed by atoms with E-state index in [9.17, 15) is 14.7 Å². The molecule has 0 aromatic rings. The predicted molar refractivity (Wildman–Crippen MR) is 61.7 cm³/mol. The second-order valence-electron chi connectivity index (χ2n) is 4.36. The van der Waals surface area contributed by atoms with E-state index in [0.717, 1.165) is 25.7 Å². The summed E-state index contributed by atoms with van der Waals surface area (Å²) in [7, 11) is 0. The van der Waals surface area contributed by atoms with Gasteiger partial charge in [0.2, 0.25) is 0 Å². The number of hydrogen-bond acceptors (Lipinski definition) is 3. The van der Waals surface area contributed by atoms with Crippen LogP contribution < -0.4 is 10.6 Å². The van der Waals surface area contributed by atoms with Crippen molar-refractivity contribution >= 4 is 12.0 Å². The van der Waals surface area contributed by atoms with Gasteiger partial charge in [-0.3, -0.25) is 4.79 Å². The van der Waals surface area contributed by atoms with Gasteiger partial charge in [0, 0.05) is 13.0 Å². The van der Waals surface area contributed by atoms with Crippen LogP contribution in [0.15, 0.2) is 0 Å². The van der Waals surface area contributed by atoms with Crippen molar-refractivity contribution in [3.8, 4) is 0 Å². The molecule has 0 heterocycles. The molecule has 1 saturated carbocycles. The molecule has 1 aliphatic carbocycles. The molecule has 0 aromatic heterocycles. The molecule has 4 N–H and O–H groups in total. The van der Waals surface area contributed by atoms with Crippen molar-refractivity contribution in [2.45, 2.75) is 50.7 Å². The van der Waals surface area contributed by atoms with Gasteiger partial charge in [-0.15, -0.1) is 0 Å². The molecule has 17 heavy (non-hydrogen) atoms. The minimum Gasteiger partial charge on any atom is -0.481 e. The van der Waals surface area contributed by atoms with Crippen molar-refractivity contribution < 1.29 is 19.8 Å². The van der Waals surface area contributed by atoms with E-state index in [1.54, 1.807) is 0 Å². The van der Waals surface area contributed by atoms with Crippen LogP contribution in [-0.4, -0.2) is 40.9 Å². The fourth-order valence-corrected chi connectivity index (χ4v) is 1.94. The van der Waals surface area contributed by atoms with Gasteiger partial charge in [-0.05, 0) is 19.3 Å². The fourth-order valence-electron chi connectivity index (χ4n) is 1.94. The Balaban J connectivity index is 2.13. The molecule has 98 valence electrons. The lowest BCUT2D eigenvalue weighted by molar-refractivity contribution is -0.137. The van der Waals surface area contributed by atoms with Gasteiger partial charge in [0.05, 0.1) is 12.1 Å². The Hall–Kier alpha value is -1.30. The monoisotopic (exact) mass is 244 g/mol. The van der Waals surface area contributed by atoms with Crippen LogP contribution >= 0.6 is 0 Å². The van der Waals surface area contributed by atoms with Crippen LogP contribution in [0.3, 0.4) is 0 Å². The number of rotatable bonds is 5. The van der Waals surface area contributed by atoms with Gasteiger partial charge in [-0.1, -0.05) is 12.8 Å². The normalized spacial score (nSPS) is 24.1. The van der Waals surface area contributed by atoms with Gasteiger partial charge in [0.25, 0.3) is 0 Å². The van der Waals surface area contributed by atoms with Crippen molar-refractivity contribution in [3.63, 3.8) is 0 Å². The Morgan fingerprint density at radius 3 is 2.59 bits per heavy atom. The highest BCUT2D eigenvalue weighted by atomic mass is 16.4. The summed E-state index contributed by atoms with van der Waals surface area (Å²) in [6.07, 6.45) is 3.53. The summed E-state index contributed by atoms with van der Waals surface area (Å²) in [6.45, 7) is 0.334. The van der Waals surface area contributed by atoms with Crippen LogP contribution in [-0.2, 0) is 4.79 Å². The lowest BCUT2D eigenvalue weighted by atomic mass is 9.93. The number of nitrogens with one attached hydrogen (secondary N) is 2. The van der Waals surface area contributed by atoms with Crippen molar-refractivity contribution in [1.82, 2.24) is 10.6 Å². The number of carbonyl (C=O) groups excluding carboxylic acids is 1. The summed E-state index contributed by atoms with van der Waals surface area (Å²) >= 11 is 0. The Labute approximate surface area is 100 Å². The SMILES string of the molecule is O=C(O)CCCNC(=O)NC1CCCCC1O. The van der Waals surface area contributed by atoms with Crippen LogP contribution in [0.4, 0.5) is 4.79 Å². The largest absolute Gasteiger partial charge is 0.481 e. The molecule has 6 nitrogen and oxygen atoms in total. The lowest BCUT2D eigenvalue weighted by Gasteiger charge is -2.28. The Morgan fingerprint density at radius 2 is 1.94 bits per heavy atom. The second kappa shape index (κ2) is 7.11. The number of carboxylic acid groups (broad SMARTS) is 1. The van der Waals surface area contributed by atoms with Gasteiger partial charge in [-0.2, -0.15) is 0 Å². The van der Waals surface area contributed by atoms with E-state index >= 15 is 0 Å². The molecule has 0 radical (unpaired) electrons. The Morgan fingerprint density at radius 1 is 1.24 bits per heavy atom. The van der Waals surface area contributed by atoms with E-state index in [-0.39, 0.29) is 18.5 Å². The third kappa shape index (κ3) is 5.53. The van der Waals surface area contributed by atoms with Gasteiger partial charge >= 0.3 is 12.0 Å². The molecular formula is C11H20N2O4. The number of aliphatic hydroxyl groups excluding tert-OH is 1. The maximum absolute atomic E-state index is 11.4. The van der Waals surface area contributed by atoms with Crippen molar-refractivity contribution in [2.75, 3.05) is 6.54 Å². The minimum absolute atomic E-state index is 0.0479. The molecule has 0 spiro atoms. The molecule has 2 atom stereocenters. The quantitative estimate of drug-likeness (QED) is 0.528. The van der Waals surface area contributed by atoms with Crippen LogP contribution in [0.1, 0.15) is 38.5 Å². The summed E-state index contributed by atoms with van der Waals surface area (Å²) < 4.78 is 0. The van der Waals surface area contributed by atoms with Crippen molar-refractivity contribution in [2.24, 2.45) is 0 Å². The highest BCUT2D eigenvalue weighted by Gasteiger charge is 2.24. The molecule has 1 aliphatic rings. The zero-order valence-electron chi connectivity index (χ0n) is 9.82. The summed E-state index contributed by atoms with van der Waals surface area (Å²) in [6, 6.07) is -0.510. The van der Waals surface area contributed by atoms with Gasteiger partial charge in [0.1, 0.15) is 0 Å². The highest BCUT2D eigenvalue weighted by molar-refractivity contribution is 5.74. The number of amides is 2. The topological polar surface area (TPSA) is 98.7 Å². The molecule has 2 amide bonds. The first-order valence-corrected chi connectivity index (χ1v) is 6.04. The van der Waals surface area contributed by atoms with E-state index in [1.807, 2.05) is 0 Å². The number of hydrogen-bond donors (Lipinski definition) is 4. The van der Waals surface area contributed by atoms with Crippen molar-refractivity contribution in [1.29, 1.82) is 0 Å². The number of aliphatic hydroxyl groups is 1. The molecule has 0 bridgehead atoms. The van der Waals surface area contributed by atoms with Gasteiger partial charge in [-0.25, -0.2) is 4.79 Å². The van der Waals surface area contributed by atoms with Crippen LogP contribution in [0.5, 0.6) is 0 Å². The van der Waals surface area contributed by atoms with Gasteiger partial charge < -0.3 is 20.8 Å². The molecule has 2 unspecified atom stereocenters. The third-order valence-electron chi connectivity index (χ3n) is 2.90. The summed E-state index contributed by atoms with van der Waals surface area (Å²) in [5.41, 5.74) is 0. The maximum atomic E-state index is 11.4. The zero-order chi connectivity index (χ0) is 12.7. The molecule has 6 heteroatoms. The third-order valence-corrected chi connectivity index (χ3v) is 2.90. The zero-order valence-corrected chi connectivity index (χ0v) is 9.82. The predicted octanol–water partition coefficient (Wildman–Crippen LogP) is 0.454. The second-order valence-corrected chi connectivity index (χ2v) is 4.36. The molecule has 0 aliphatic heterocycles. The highest BCUT2D eigenvalue weighted by Crippen LogP contribution is 2.17. The van der Waals surface area contributed by atoms with Crippen molar-refractivity contribution in [3.05, 3.63) is 0 Å². The van der Waals surface area contributed by atoms with Gasteiger partial charge in [0.15, 0.2) is 0 Å². The fraction of sp³-hybridized carbons (Fsp3) is 0.818. The maximum Gasteiger partial charge on any atom is 0.315 e. The average Bonchev–Trinajstić information content (AvgIpc) is 2.27. The van der Waals surface area contributed by atoms with E-state index in [4.69, 9.17) is 5.11 Å². The molecule has 0 aromatic carbocycles. The number of carboxylic acids is 1. The Kier molecular flexibility index (Phi) is 5.76. The first kappa shape index (κ1) is 13.8. The lowest BCUT2D eigenvalue weighted by Crippen LogP contribution is -2.49. The molecule has 1 rings (SSSR count). The van der Waals surface area contributed by atoms with E-state index in [0.29, 0.717) is 13.0 Å². The van der Waals surface area contributed by atoms with E-state index < -0.39 is 12.1 Å².